The molecule has 0 unspecified atom stereocenters. The molecule has 1 amide bonds. The van der Waals surface area contributed by atoms with Crippen molar-refractivity contribution < 1.29 is 9.53 Å². The second-order valence-corrected chi connectivity index (χ2v) is 14.8. The number of hydrogen-bond donors (Lipinski definition) is 2. The van der Waals surface area contributed by atoms with Crippen LogP contribution in [-0.4, -0.2) is 71.0 Å². The molecule has 2 N–H and O–H groups in total. The van der Waals surface area contributed by atoms with E-state index in [1.54, 1.807) is 30.7 Å². The van der Waals surface area contributed by atoms with Crippen molar-refractivity contribution in [1.29, 1.82) is 0 Å². The van der Waals surface area contributed by atoms with Gasteiger partial charge in [-0.3, -0.25) is 24.7 Å². The van der Waals surface area contributed by atoms with E-state index >= 15 is 0 Å². The van der Waals surface area contributed by atoms with E-state index in [0.29, 0.717) is 46.9 Å². The van der Waals surface area contributed by atoms with Crippen molar-refractivity contribution in [3.63, 3.8) is 0 Å². The molecule has 4 heterocycles. The predicted octanol–water partition coefficient (Wildman–Crippen LogP) is 7.09. The number of ether oxygens (including phenoxy) is 1. The molecule has 2 aromatic carbocycles. The van der Waals surface area contributed by atoms with E-state index in [2.05, 4.69) is 51.6 Å². The number of aromatic nitrogens is 2. The second kappa shape index (κ2) is 17.4. The van der Waals surface area contributed by atoms with Gasteiger partial charge in [-0.05, 0) is 66.9 Å². The Hall–Kier alpha value is -4.42. The first-order valence-electron chi connectivity index (χ1n) is 17.4. The number of carbonyl (C=O) groups excluding carboxylic acids is 1. The third-order valence-electron chi connectivity index (χ3n) is 9.03. The molecule has 1 saturated heterocycles. The van der Waals surface area contributed by atoms with Crippen molar-refractivity contribution in [2.24, 2.45) is 10.3 Å². The minimum Gasteiger partial charge on any atom is -0.493 e. The zero-order chi connectivity index (χ0) is 37.3. The lowest BCUT2D eigenvalue weighted by Gasteiger charge is -2.32. The lowest BCUT2D eigenvalue weighted by molar-refractivity contribution is -0.122. The Labute approximate surface area is 315 Å². The van der Waals surface area contributed by atoms with Crippen LogP contribution in [0.4, 0.5) is 0 Å². The van der Waals surface area contributed by atoms with Crippen molar-refractivity contribution in [1.82, 2.24) is 30.5 Å². The maximum absolute atomic E-state index is 12.4. The number of halogens is 2. The summed E-state index contributed by atoms with van der Waals surface area (Å²) in [7, 11) is 0. The number of amidine groups is 1. The molecule has 6 rings (SSSR count). The van der Waals surface area contributed by atoms with Gasteiger partial charge < -0.3 is 15.4 Å². The van der Waals surface area contributed by atoms with Crippen LogP contribution in [0.15, 0.2) is 95.6 Å². The molecule has 274 valence electrons. The summed E-state index contributed by atoms with van der Waals surface area (Å²) in [5, 5.41) is 12.3. The highest BCUT2D eigenvalue weighted by Gasteiger charge is 2.49. The molecule has 0 bridgehead atoms. The van der Waals surface area contributed by atoms with E-state index < -0.39 is 11.6 Å². The number of amides is 1. The quantitative estimate of drug-likeness (QED) is 0.165. The first-order chi connectivity index (χ1) is 24.9. The highest BCUT2D eigenvalue weighted by molar-refractivity contribution is 6.30. The van der Waals surface area contributed by atoms with Crippen LogP contribution in [0.1, 0.15) is 68.6 Å². The molecule has 2 aliphatic heterocycles. The molecule has 2 aliphatic rings. The molecular formula is C39H46Cl2N8O3. The summed E-state index contributed by atoms with van der Waals surface area (Å²) in [4.78, 5) is 40.0. The summed E-state index contributed by atoms with van der Waals surface area (Å²) in [6.45, 7) is 15.5. The number of piperazine rings is 1. The molecule has 4 aromatic rings. The topological polar surface area (TPSA) is 124 Å². The lowest BCUT2D eigenvalue weighted by Crippen LogP contribution is -2.47. The van der Waals surface area contributed by atoms with Crippen LogP contribution in [0.2, 0.25) is 10.0 Å². The Kier molecular flexibility index (Phi) is 13.0. The molecule has 13 heteroatoms. The van der Waals surface area contributed by atoms with Crippen molar-refractivity contribution >= 4 is 34.9 Å². The van der Waals surface area contributed by atoms with Crippen LogP contribution in [0.25, 0.3) is 0 Å². The van der Waals surface area contributed by atoms with Gasteiger partial charge in [-0.15, -0.1) is 4.91 Å². The smallest absolute Gasteiger partial charge is 0.234 e. The number of pyridine rings is 2. The summed E-state index contributed by atoms with van der Waals surface area (Å²) < 4.78 is 6.00. The van der Waals surface area contributed by atoms with E-state index in [1.165, 1.54) is 5.01 Å². The number of aliphatic imine (C=N–C) groups is 1. The summed E-state index contributed by atoms with van der Waals surface area (Å²) in [5.41, 5.74) is 3.28. The van der Waals surface area contributed by atoms with Crippen molar-refractivity contribution in [3.8, 4) is 5.75 Å². The number of hydrogen-bond acceptors (Lipinski definition) is 9. The van der Waals surface area contributed by atoms with Gasteiger partial charge in [0.1, 0.15) is 17.3 Å². The van der Waals surface area contributed by atoms with Gasteiger partial charge in [0.25, 0.3) is 0 Å². The van der Waals surface area contributed by atoms with Gasteiger partial charge in [0.05, 0.1) is 24.0 Å². The molecule has 2 atom stereocenters. The normalized spacial score (nSPS) is 18.9. The Morgan fingerprint density at radius 2 is 1.65 bits per heavy atom. The van der Waals surface area contributed by atoms with Crippen LogP contribution in [0, 0.1) is 4.91 Å². The lowest BCUT2D eigenvalue weighted by atomic mass is 9.82. The van der Waals surface area contributed by atoms with E-state index in [-0.39, 0.29) is 11.3 Å². The predicted molar refractivity (Wildman–Crippen MR) is 207 cm³/mol. The molecule has 2 aromatic heterocycles. The Bertz CT molecular complexity index is 1830. The SMILES string of the molecule is CCOc1cc(C(C)(C)C)ncc1C1=N[C@@](C)(c2ccc(Cl)cc2)[C@@H](c2ccc(Cl)cc2)N1N=O.O=C(CN1CCNCC1)NCc1ccncc1. The van der Waals surface area contributed by atoms with Crippen LogP contribution in [-0.2, 0) is 22.3 Å². The number of carbonyl (C=O) groups is 1. The van der Waals surface area contributed by atoms with E-state index in [0.717, 1.165) is 48.6 Å². The largest absolute Gasteiger partial charge is 0.493 e. The number of benzene rings is 2. The molecule has 0 saturated carbocycles. The molecule has 52 heavy (non-hydrogen) atoms. The number of rotatable bonds is 10. The van der Waals surface area contributed by atoms with Crippen molar-refractivity contribution in [2.45, 2.75) is 58.2 Å². The Balaban J connectivity index is 0.000000257. The van der Waals surface area contributed by atoms with Gasteiger partial charge in [0, 0.05) is 78.5 Å². The van der Waals surface area contributed by atoms with Gasteiger partial charge in [-0.1, -0.05) is 68.2 Å². The molecule has 1 fully saturated rings. The van der Waals surface area contributed by atoms with Crippen LogP contribution in [0.3, 0.4) is 0 Å². The summed E-state index contributed by atoms with van der Waals surface area (Å²) >= 11 is 12.3. The Morgan fingerprint density at radius 3 is 2.25 bits per heavy atom. The monoisotopic (exact) mass is 744 g/mol. The fourth-order valence-corrected chi connectivity index (χ4v) is 6.45. The fraction of sp³-hybridized carbons (Fsp3) is 0.385. The highest BCUT2D eigenvalue weighted by atomic mass is 35.5. The van der Waals surface area contributed by atoms with Gasteiger partial charge in [0.15, 0.2) is 5.84 Å². The third kappa shape index (κ3) is 9.51. The minimum atomic E-state index is -0.853. The van der Waals surface area contributed by atoms with Crippen LogP contribution < -0.4 is 15.4 Å². The minimum absolute atomic E-state index is 0.0868. The molecule has 0 radical (unpaired) electrons. The van der Waals surface area contributed by atoms with Gasteiger partial charge in [-0.25, -0.2) is 5.01 Å². The molecule has 0 spiro atoms. The summed E-state index contributed by atoms with van der Waals surface area (Å²) in [6, 6.07) is 20.1. The van der Waals surface area contributed by atoms with Gasteiger partial charge >= 0.3 is 0 Å². The molecular weight excluding hydrogens is 699 g/mol. The van der Waals surface area contributed by atoms with E-state index in [1.807, 2.05) is 68.4 Å². The average molecular weight is 746 g/mol. The van der Waals surface area contributed by atoms with Crippen molar-refractivity contribution in [3.05, 3.63) is 128 Å². The standard InChI is InChI=1S/C27H28Cl2N4O2.C12H18N4O/c1-6-35-22-15-23(26(2,3)4)30-16-21(22)25-31-27(5,18-9-13-20(29)14-10-18)24(33(25)32-34)17-7-11-19(28)12-8-17;17-12(10-16-7-5-14-6-8-16)15-9-11-1-3-13-4-2-11/h7-16,24H,6H2,1-5H3;1-4,14H,5-10H2,(H,15,17)/t24-,27+;/m1./s1. The van der Waals surface area contributed by atoms with Crippen LogP contribution in [0.5, 0.6) is 5.75 Å². The average Bonchev–Trinajstić information content (AvgIpc) is 3.45. The van der Waals surface area contributed by atoms with E-state index in [4.69, 9.17) is 32.9 Å². The van der Waals surface area contributed by atoms with Gasteiger partial charge in [0.2, 0.25) is 5.91 Å². The molecule has 0 aliphatic carbocycles. The van der Waals surface area contributed by atoms with Crippen molar-refractivity contribution in [2.75, 3.05) is 39.3 Å². The summed E-state index contributed by atoms with van der Waals surface area (Å²) in [6.07, 6.45) is 5.19. The zero-order valence-electron chi connectivity index (χ0n) is 30.3. The number of nitroso groups, excluding NO2 is 1. The third-order valence-corrected chi connectivity index (χ3v) is 9.53. The highest BCUT2D eigenvalue weighted by Crippen LogP contribution is 2.49. The zero-order valence-corrected chi connectivity index (χ0v) is 31.8. The Morgan fingerprint density at radius 1 is 1.02 bits per heavy atom. The van der Waals surface area contributed by atoms with Gasteiger partial charge in [-0.2, -0.15) is 0 Å². The van der Waals surface area contributed by atoms with Crippen LogP contribution >= 0.6 is 23.2 Å². The number of nitrogens with zero attached hydrogens (tertiary/aromatic N) is 6. The maximum atomic E-state index is 12.4. The first-order valence-corrected chi connectivity index (χ1v) is 18.1. The second-order valence-electron chi connectivity index (χ2n) is 13.9. The first kappa shape index (κ1) is 38.8. The number of nitrogens with one attached hydrogen (secondary N) is 2. The maximum Gasteiger partial charge on any atom is 0.234 e. The van der Waals surface area contributed by atoms with E-state index in [9.17, 15) is 9.70 Å². The molecule has 11 nitrogen and oxygen atoms in total. The summed E-state index contributed by atoms with van der Waals surface area (Å²) in [5.74, 6) is 1.09. The fourth-order valence-electron chi connectivity index (χ4n) is 6.20.